The highest BCUT2D eigenvalue weighted by molar-refractivity contribution is 5.96. The lowest BCUT2D eigenvalue weighted by molar-refractivity contribution is -0.123. The first-order chi connectivity index (χ1) is 15.1. The van der Waals surface area contributed by atoms with Crippen LogP contribution in [0, 0.1) is 0 Å². The van der Waals surface area contributed by atoms with Crippen molar-refractivity contribution >= 4 is 28.9 Å². The van der Waals surface area contributed by atoms with Gasteiger partial charge in [0.05, 0.1) is 5.52 Å². The summed E-state index contributed by atoms with van der Waals surface area (Å²) in [5.41, 5.74) is 2.01. The van der Waals surface area contributed by atoms with Crippen LogP contribution in [-0.4, -0.2) is 60.3 Å². The van der Waals surface area contributed by atoms with Gasteiger partial charge in [-0.25, -0.2) is 10.0 Å². The number of aldehydes is 1. The van der Waals surface area contributed by atoms with Crippen molar-refractivity contribution < 1.29 is 14.3 Å². The molecule has 0 aliphatic carbocycles. The molecule has 1 aromatic heterocycles. The summed E-state index contributed by atoms with van der Waals surface area (Å²) in [6, 6.07) is 17.9. The van der Waals surface area contributed by atoms with E-state index in [4.69, 9.17) is 4.74 Å². The third kappa shape index (κ3) is 5.13. The van der Waals surface area contributed by atoms with Crippen molar-refractivity contribution in [3.8, 4) is 5.75 Å². The molecule has 0 saturated carbocycles. The zero-order valence-electron chi connectivity index (χ0n) is 17.8. The Balaban J connectivity index is 1.55. The molecule has 1 amide bonds. The predicted octanol–water partition coefficient (Wildman–Crippen LogP) is 3.22. The smallest absolute Gasteiger partial charge is 0.243 e. The Morgan fingerprint density at radius 2 is 1.87 bits per heavy atom. The monoisotopic (exact) mass is 420 g/mol. The molecule has 1 N–H and O–H groups in total. The second-order valence-corrected chi connectivity index (χ2v) is 7.85. The van der Waals surface area contributed by atoms with E-state index in [0.717, 1.165) is 60.5 Å². The van der Waals surface area contributed by atoms with Crippen LogP contribution in [0.15, 0.2) is 54.6 Å². The van der Waals surface area contributed by atoms with Gasteiger partial charge < -0.3 is 19.4 Å². The molecule has 31 heavy (non-hydrogen) atoms. The summed E-state index contributed by atoms with van der Waals surface area (Å²) in [5, 5.41) is 4.77. The molecule has 0 bridgehead atoms. The van der Waals surface area contributed by atoms with E-state index in [9.17, 15) is 9.59 Å². The number of rotatable bonds is 8. The van der Waals surface area contributed by atoms with Crippen molar-refractivity contribution in [2.24, 2.45) is 0 Å². The number of likely N-dealkylation sites (N-methyl/N-ethyl adjacent to an activating group) is 1. The first kappa shape index (κ1) is 21.1. The zero-order chi connectivity index (χ0) is 21.6. The van der Waals surface area contributed by atoms with Crippen molar-refractivity contribution in [2.75, 3.05) is 38.2 Å². The van der Waals surface area contributed by atoms with Crippen molar-refractivity contribution in [3.05, 3.63) is 60.2 Å². The molecule has 0 atom stereocenters. The molecule has 1 saturated heterocycles. The quantitative estimate of drug-likeness (QED) is 0.567. The van der Waals surface area contributed by atoms with E-state index < -0.39 is 0 Å². The number of carbonyl (C=O) groups is 2. The molecule has 2 heterocycles. The number of ether oxygens (including phenoxy) is 1. The summed E-state index contributed by atoms with van der Waals surface area (Å²) in [6.07, 6.45) is 1.21. The molecular weight excluding hydrogens is 392 g/mol. The molecular formula is C24H28N4O3. The van der Waals surface area contributed by atoms with Crippen LogP contribution in [0.25, 0.3) is 10.9 Å². The Bertz CT molecular complexity index is 1030. The number of hydrogen-bond donors (Lipinski definition) is 1. The van der Waals surface area contributed by atoms with Gasteiger partial charge in [0.25, 0.3) is 0 Å². The van der Waals surface area contributed by atoms with Gasteiger partial charge in [0.2, 0.25) is 5.91 Å². The summed E-state index contributed by atoms with van der Waals surface area (Å²) in [4.78, 5) is 29.4. The normalized spacial score (nSPS) is 15.1. The van der Waals surface area contributed by atoms with Gasteiger partial charge in [-0.2, -0.15) is 0 Å². The van der Waals surface area contributed by atoms with E-state index in [1.165, 1.54) is 0 Å². The summed E-state index contributed by atoms with van der Waals surface area (Å²) in [5.74, 6) is 1.41. The summed E-state index contributed by atoms with van der Waals surface area (Å²) in [7, 11) is 2.08. The summed E-state index contributed by atoms with van der Waals surface area (Å²) in [6.45, 7) is 3.77. The summed E-state index contributed by atoms with van der Waals surface area (Å²) >= 11 is 0. The average molecular weight is 421 g/mol. The lowest BCUT2D eigenvalue weighted by Gasteiger charge is -2.39. The Hall–Kier alpha value is -3.16. The van der Waals surface area contributed by atoms with Crippen LogP contribution >= 0.6 is 0 Å². The third-order valence-corrected chi connectivity index (χ3v) is 5.53. The first-order valence-corrected chi connectivity index (χ1v) is 10.6. The van der Waals surface area contributed by atoms with Gasteiger partial charge in [0, 0.05) is 50.5 Å². The molecule has 0 unspecified atom stereocenters. The number of hydrogen-bond acceptors (Lipinski definition) is 5. The van der Waals surface area contributed by atoms with Crippen molar-refractivity contribution in [1.29, 1.82) is 0 Å². The number of H-pyrrole nitrogens is 1. The van der Waals surface area contributed by atoms with Gasteiger partial charge in [0.1, 0.15) is 24.5 Å². The molecule has 0 radical (unpaired) electrons. The second kappa shape index (κ2) is 9.76. The minimum Gasteiger partial charge on any atom is -0.489 e. The van der Waals surface area contributed by atoms with Crippen LogP contribution < -0.4 is 9.75 Å². The molecule has 1 aliphatic rings. The Morgan fingerprint density at radius 3 is 2.61 bits per heavy atom. The maximum absolute atomic E-state index is 13.0. The maximum atomic E-state index is 13.0. The Kier molecular flexibility index (Phi) is 6.64. The molecule has 162 valence electrons. The highest BCUT2D eigenvalue weighted by Gasteiger charge is 2.27. The molecule has 7 nitrogen and oxygen atoms in total. The fourth-order valence-corrected chi connectivity index (χ4v) is 3.76. The van der Waals surface area contributed by atoms with E-state index in [1.54, 1.807) is 5.01 Å². The third-order valence-electron chi connectivity index (χ3n) is 5.53. The highest BCUT2D eigenvalue weighted by atomic mass is 16.5. The molecule has 2 aromatic carbocycles. The van der Waals surface area contributed by atoms with Gasteiger partial charge in [-0.15, -0.1) is 0 Å². The van der Waals surface area contributed by atoms with Crippen LogP contribution in [0.3, 0.4) is 0 Å². The van der Waals surface area contributed by atoms with Crippen molar-refractivity contribution in [2.45, 2.75) is 19.4 Å². The van der Waals surface area contributed by atoms with Gasteiger partial charge in [0.15, 0.2) is 0 Å². The number of nitrogens with zero attached hydrogens (tertiary/aromatic N) is 3. The van der Waals surface area contributed by atoms with Crippen LogP contribution in [0.5, 0.6) is 5.75 Å². The SMILES string of the molecule is CN1CCN(N(C(=O)CCC=O)c2cc3ccc(OCc4ccccc4)cc3[nH]2)CC1. The van der Waals surface area contributed by atoms with Crippen LogP contribution in [0.1, 0.15) is 18.4 Å². The molecule has 7 heteroatoms. The lowest BCUT2D eigenvalue weighted by Crippen LogP contribution is -2.55. The van der Waals surface area contributed by atoms with Gasteiger partial charge in [-0.3, -0.25) is 4.79 Å². The maximum Gasteiger partial charge on any atom is 0.243 e. The van der Waals surface area contributed by atoms with E-state index in [2.05, 4.69) is 21.9 Å². The average Bonchev–Trinajstić information content (AvgIpc) is 3.21. The number of piperazine rings is 1. The van der Waals surface area contributed by atoms with Crippen molar-refractivity contribution in [3.63, 3.8) is 0 Å². The second-order valence-electron chi connectivity index (χ2n) is 7.85. The number of aromatic amines is 1. The standard InChI is InChI=1S/C24H28N4O3/c1-26-11-13-27(14-12-26)28(24(30)8-5-15-29)23-16-20-9-10-21(17-22(20)25-23)31-18-19-6-3-2-4-7-19/h2-4,6-7,9-10,15-17,25H,5,8,11-14,18H2,1H3. The number of aromatic nitrogens is 1. The number of hydrazine groups is 1. The molecule has 0 spiro atoms. The number of carbonyl (C=O) groups excluding carboxylic acids is 2. The molecule has 1 aliphatic heterocycles. The molecule has 4 rings (SSSR count). The lowest BCUT2D eigenvalue weighted by atomic mass is 10.2. The number of benzene rings is 2. The van der Waals surface area contributed by atoms with E-state index in [-0.39, 0.29) is 18.7 Å². The number of fused-ring (bicyclic) bond motifs is 1. The van der Waals surface area contributed by atoms with Crippen LogP contribution in [0.2, 0.25) is 0 Å². The molecule has 1 fully saturated rings. The Labute approximate surface area is 182 Å². The van der Waals surface area contributed by atoms with Gasteiger partial charge in [-0.1, -0.05) is 30.3 Å². The minimum absolute atomic E-state index is 0.0799. The van der Waals surface area contributed by atoms with E-state index in [0.29, 0.717) is 6.61 Å². The van der Waals surface area contributed by atoms with Crippen LogP contribution in [-0.2, 0) is 16.2 Å². The van der Waals surface area contributed by atoms with Gasteiger partial charge in [-0.05, 0) is 30.8 Å². The van der Waals surface area contributed by atoms with Crippen molar-refractivity contribution in [1.82, 2.24) is 14.9 Å². The molecule has 3 aromatic rings. The minimum atomic E-state index is -0.0799. The first-order valence-electron chi connectivity index (χ1n) is 10.6. The van der Waals surface area contributed by atoms with E-state index in [1.807, 2.05) is 54.6 Å². The fraction of sp³-hybridized carbons (Fsp3) is 0.333. The highest BCUT2D eigenvalue weighted by Crippen LogP contribution is 2.28. The van der Waals surface area contributed by atoms with E-state index >= 15 is 0 Å². The number of amides is 1. The summed E-state index contributed by atoms with van der Waals surface area (Å²) < 4.78 is 5.94. The number of anilines is 1. The largest absolute Gasteiger partial charge is 0.489 e. The van der Waals surface area contributed by atoms with Crippen LogP contribution in [0.4, 0.5) is 5.82 Å². The fourth-order valence-electron chi connectivity index (χ4n) is 3.76. The topological polar surface area (TPSA) is 68.9 Å². The predicted molar refractivity (Wildman–Crippen MR) is 121 cm³/mol. The Morgan fingerprint density at radius 1 is 1.10 bits per heavy atom. The van der Waals surface area contributed by atoms with Gasteiger partial charge >= 0.3 is 0 Å². The zero-order valence-corrected chi connectivity index (χ0v) is 17.8. The number of nitrogens with one attached hydrogen (secondary N) is 1.